The minimum absolute atomic E-state index is 0.279. The summed E-state index contributed by atoms with van der Waals surface area (Å²) in [6.45, 7) is 3.93. The Bertz CT molecular complexity index is 218. The van der Waals surface area contributed by atoms with E-state index in [1.165, 1.54) is 25.7 Å². The molecule has 0 saturated heterocycles. The molecule has 0 heterocycles. The zero-order valence-corrected chi connectivity index (χ0v) is 11.3. The predicted molar refractivity (Wildman–Crippen MR) is 69.2 cm³/mol. The normalized spacial score (nSPS) is 33.2. The van der Waals surface area contributed by atoms with E-state index in [4.69, 9.17) is 9.47 Å². The molecule has 0 aromatic heterocycles. The van der Waals surface area contributed by atoms with Gasteiger partial charge in [-0.1, -0.05) is 26.2 Å². The largest absolute Gasteiger partial charge is 0.375 e. The lowest BCUT2D eigenvalue weighted by Crippen LogP contribution is -2.59. The van der Waals surface area contributed by atoms with Crippen LogP contribution in [0.1, 0.15) is 45.4 Å². The van der Waals surface area contributed by atoms with Gasteiger partial charge in [0.15, 0.2) is 0 Å². The Labute approximate surface area is 105 Å². The zero-order chi connectivity index (χ0) is 12.1. The Morgan fingerprint density at radius 1 is 1.18 bits per heavy atom. The minimum atomic E-state index is 0.279. The Morgan fingerprint density at radius 3 is 2.59 bits per heavy atom. The van der Waals surface area contributed by atoms with Crippen LogP contribution in [0.5, 0.6) is 0 Å². The number of nitrogens with one attached hydrogen (secondary N) is 1. The fourth-order valence-electron chi connectivity index (χ4n) is 2.67. The van der Waals surface area contributed by atoms with E-state index >= 15 is 0 Å². The van der Waals surface area contributed by atoms with Crippen molar-refractivity contribution in [3.05, 3.63) is 0 Å². The Kier molecular flexibility index (Phi) is 5.26. The third kappa shape index (κ3) is 3.43. The first-order valence-electron chi connectivity index (χ1n) is 7.25. The SMILES string of the molecule is CCCOC1C(NC)CC1OCCC1CCC1. The van der Waals surface area contributed by atoms with Gasteiger partial charge in [-0.05, 0) is 32.2 Å². The van der Waals surface area contributed by atoms with E-state index in [1.807, 2.05) is 7.05 Å². The zero-order valence-electron chi connectivity index (χ0n) is 11.3. The Hall–Kier alpha value is -0.120. The van der Waals surface area contributed by atoms with Crippen LogP contribution in [0.15, 0.2) is 0 Å². The van der Waals surface area contributed by atoms with Gasteiger partial charge in [-0.2, -0.15) is 0 Å². The topological polar surface area (TPSA) is 30.5 Å². The van der Waals surface area contributed by atoms with Crippen molar-refractivity contribution in [3.8, 4) is 0 Å². The second kappa shape index (κ2) is 6.72. The van der Waals surface area contributed by atoms with Crippen LogP contribution in [0.2, 0.25) is 0 Å². The molecule has 0 aromatic rings. The lowest BCUT2D eigenvalue weighted by atomic mass is 9.83. The molecule has 0 aliphatic heterocycles. The van der Waals surface area contributed by atoms with Crippen molar-refractivity contribution in [1.29, 1.82) is 0 Å². The number of likely N-dealkylation sites (N-methyl/N-ethyl adjacent to an activating group) is 1. The molecule has 2 saturated carbocycles. The maximum Gasteiger partial charge on any atom is 0.0990 e. The van der Waals surface area contributed by atoms with Crippen LogP contribution in [0.3, 0.4) is 0 Å². The maximum atomic E-state index is 5.96. The average molecular weight is 241 g/mol. The van der Waals surface area contributed by atoms with E-state index in [9.17, 15) is 0 Å². The lowest BCUT2D eigenvalue weighted by Gasteiger charge is -2.44. The summed E-state index contributed by atoms with van der Waals surface area (Å²) < 4.78 is 11.8. The van der Waals surface area contributed by atoms with Gasteiger partial charge in [-0.15, -0.1) is 0 Å². The molecule has 0 aromatic carbocycles. The minimum Gasteiger partial charge on any atom is -0.375 e. The van der Waals surface area contributed by atoms with Gasteiger partial charge in [0.2, 0.25) is 0 Å². The standard InChI is InChI=1S/C14H27NO2/c1-3-8-17-14-12(15-2)10-13(14)16-9-7-11-5-4-6-11/h11-15H,3-10H2,1-2H3. The van der Waals surface area contributed by atoms with E-state index in [0.29, 0.717) is 12.1 Å². The first-order valence-corrected chi connectivity index (χ1v) is 7.25. The summed E-state index contributed by atoms with van der Waals surface area (Å²) in [5.41, 5.74) is 0. The van der Waals surface area contributed by atoms with Crippen LogP contribution < -0.4 is 5.32 Å². The molecule has 3 nitrogen and oxygen atoms in total. The van der Waals surface area contributed by atoms with Crippen LogP contribution >= 0.6 is 0 Å². The monoisotopic (exact) mass is 241 g/mol. The molecule has 17 heavy (non-hydrogen) atoms. The third-order valence-electron chi connectivity index (χ3n) is 4.22. The van der Waals surface area contributed by atoms with Crippen molar-refractivity contribution in [2.24, 2.45) is 5.92 Å². The highest BCUT2D eigenvalue weighted by atomic mass is 16.5. The van der Waals surface area contributed by atoms with Crippen molar-refractivity contribution in [2.75, 3.05) is 20.3 Å². The quantitative estimate of drug-likeness (QED) is 0.707. The molecule has 3 heteroatoms. The van der Waals surface area contributed by atoms with E-state index < -0.39 is 0 Å². The third-order valence-corrected chi connectivity index (χ3v) is 4.22. The van der Waals surface area contributed by atoms with Gasteiger partial charge < -0.3 is 14.8 Å². The van der Waals surface area contributed by atoms with Gasteiger partial charge in [-0.25, -0.2) is 0 Å². The van der Waals surface area contributed by atoms with Crippen LogP contribution in [0, 0.1) is 5.92 Å². The number of hydrogen-bond donors (Lipinski definition) is 1. The number of hydrogen-bond acceptors (Lipinski definition) is 3. The van der Waals surface area contributed by atoms with E-state index in [2.05, 4.69) is 12.2 Å². The molecule has 0 radical (unpaired) electrons. The Morgan fingerprint density at radius 2 is 2.00 bits per heavy atom. The van der Waals surface area contributed by atoms with Gasteiger partial charge in [-0.3, -0.25) is 0 Å². The molecule has 2 aliphatic carbocycles. The molecule has 100 valence electrons. The molecule has 1 N–H and O–H groups in total. The second-order valence-electron chi connectivity index (χ2n) is 5.46. The molecule has 2 fully saturated rings. The molecule has 0 bridgehead atoms. The summed E-state index contributed by atoms with van der Waals surface area (Å²) in [5.74, 6) is 0.949. The van der Waals surface area contributed by atoms with Gasteiger partial charge in [0.1, 0.15) is 0 Å². The summed E-state index contributed by atoms with van der Waals surface area (Å²) >= 11 is 0. The molecule has 0 amide bonds. The van der Waals surface area contributed by atoms with Crippen LogP contribution in [-0.4, -0.2) is 38.5 Å². The molecule has 0 spiro atoms. The molecule has 2 rings (SSSR count). The van der Waals surface area contributed by atoms with Gasteiger partial charge in [0.05, 0.1) is 12.2 Å². The van der Waals surface area contributed by atoms with Crippen molar-refractivity contribution < 1.29 is 9.47 Å². The second-order valence-corrected chi connectivity index (χ2v) is 5.46. The number of rotatable bonds is 8. The van der Waals surface area contributed by atoms with E-state index in [1.54, 1.807) is 0 Å². The summed E-state index contributed by atoms with van der Waals surface area (Å²) in [6, 6.07) is 0.496. The smallest absolute Gasteiger partial charge is 0.0990 e. The van der Waals surface area contributed by atoms with Crippen molar-refractivity contribution in [3.63, 3.8) is 0 Å². The number of ether oxygens (including phenoxy) is 2. The highest BCUT2D eigenvalue weighted by Gasteiger charge is 2.41. The summed E-state index contributed by atoms with van der Waals surface area (Å²) in [7, 11) is 2.01. The van der Waals surface area contributed by atoms with Crippen molar-refractivity contribution in [1.82, 2.24) is 5.32 Å². The van der Waals surface area contributed by atoms with Crippen LogP contribution in [-0.2, 0) is 9.47 Å². The summed E-state index contributed by atoms with van der Waals surface area (Å²) in [5, 5.41) is 3.31. The van der Waals surface area contributed by atoms with E-state index in [0.717, 1.165) is 32.0 Å². The maximum absolute atomic E-state index is 5.96. The predicted octanol–water partition coefficient (Wildman–Crippen LogP) is 2.35. The molecule has 3 unspecified atom stereocenters. The van der Waals surface area contributed by atoms with Gasteiger partial charge in [0.25, 0.3) is 0 Å². The fourth-order valence-corrected chi connectivity index (χ4v) is 2.67. The van der Waals surface area contributed by atoms with Crippen LogP contribution in [0.4, 0.5) is 0 Å². The van der Waals surface area contributed by atoms with Crippen molar-refractivity contribution in [2.45, 2.75) is 63.7 Å². The highest BCUT2D eigenvalue weighted by molar-refractivity contribution is 4.96. The van der Waals surface area contributed by atoms with Crippen molar-refractivity contribution >= 4 is 0 Å². The molecule has 2 aliphatic rings. The first kappa shape index (κ1) is 13.3. The fraction of sp³-hybridized carbons (Fsp3) is 1.00. The van der Waals surface area contributed by atoms with Crippen LogP contribution in [0.25, 0.3) is 0 Å². The molecule has 3 atom stereocenters. The molecular formula is C14H27NO2. The lowest BCUT2D eigenvalue weighted by molar-refractivity contribution is -0.148. The molecular weight excluding hydrogens is 214 g/mol. The first-order chi connectivity index (χ1) is 8.35. The summed E-state index contributed by atoms with van der Waals surface area (Å²) in [4.78, 5) is 0. The van der Waals surface area contributed by atoms with E-state index in [-0.39, 0.29) is 6.10 Å². The highest BCUT2D eigenvalue weighted by Crippen LogP contribution is 2.31. The summed E-state index contributed by atoms with van der Waals surface area (Å²) in [6.07, 6.45) is 8.32. The van der Waals surface area contributed by atoms with Gasteiger partial charge >= 0.3 is 0 Å². The Balaban J connectivity index is 1.61. The van der Waals surface area contributed by atoms with Gasteiger partial charge in [0, 0.05) is 19.3 Å². The average Bonchev–Trinajstić information content (AvgIpc) is 2.25.